The van der Waals surface area contributed by atoms with Crippen molar-refractivity contribution in [2.45, 2.75) is 203 Å². The van der Waals surface area contributed by atoms with Gasteiger partial charge < -0.3 is 43.7 Å². The summed E-state index contributed by atoms with van der Waals surface area (Å²) >= 11 is 0. The smallest absolute Gasteiger partial charge is 0.419 e. The lowest BCUT2D eigenvalue weighted by atomic mass is 10.1. The number of carbonyl (C=O) groups is 6. The first-order valence-corrected chi connectivity index (χ1v) is 45.9. The molecule has 0 saturated carbocycles. The van der Waals surface area contributed by atoms with E-state index >= 15 is 0 Å². The average molecular weight is 1590 g/mol. The summed E-state index contributed by atoms with van der Waals surface area (Å²) in [7, 11) is -1.36. The molecule has 0 aliphatic heterocycles. The van der Waals surface area contributed by atoms with Crippen molar-refractivity contribution < 1.29 is 72.5 Å². The van der Waals surface area contributed by atoms with Crippen molar-refractivity contribution in [1.82, 2.24) is 22.8 Å². The van der Waals surface area contributed by atoms with Crippen LogP contribution in [0.2, 0.25) is 51.4 Å². The number of carboxylic acids is 2. The Morgan fingerprint density at radius 2 is 0.860 bits per heavy atom. The maximum atomic E-state index is 13.7. The van der Waals surface area contributed by atoms with Gasteiger partial charge in [-0.3, -0.25) is 23.3 Å². The summed E-state index contributed by atoms with van der Waals surface area (Å²) in [5, 5.41) is 29.9. The average Bonchev–Trinajstić information content (AvgIpc) is 1.60. The van der Waals surface area contributed by atoms with Crippen molar-refractivity contribution >= 4 is 97.2 Å². The van der Waals surface area contributed by atoms with Crippen LogP contribution in [-0.4, -0.2) is 128 Å². The number of methoxy groups -OCH3 is 1. The molecule has 2 aliphatic carbocycles. The molecule has 2 aliphatic rings. The summed E-state index contributed by atoms with van der Waals surface area (Å²) in [6.45, 7) is 36.9. The summed E-state index contributed by atoms with van der Waals surface area (Å²) in [6, 6.07) is 39.0. The molecule has 5 aromatic heterocycles. The second-order valence-electron chi connectivity index (χ2n) is 33.5. The molecule has 5 aromatic carbocycles. The van der Waals surface area contributed by atoms with Gasteiger partial charge in [-0.2, -0.15) is 0 Å². The number of aliphatic hydroxyl groups is 1. The zero-order valence-corrected chi connectivity index (χ0v) is 71.4. The fraction of sp³-hybridized carbons (Fsp3) is 0.378. The second-order valence-corrected chi connectivity index (χ2v) is 44.8. The highest BCUT2D eigenvalue weighted by Crippen LogP contribution is 2.33. The number of carbonyl (C=O) groups excluding carboxylic acids is 4. The zero-order chi connectivity index (χ0) is 83.9. The van der Waals surface area contributed by atoms with Crippen LogP contribution in [0.15, 0.2) is 162 Å². The standard InChI is InChI=1S/C28H38N2O6Si.C27H36N2O6Si.C15H19NO2.C10H8O2.C10H10O/c1-9-19-10-11-23-20(14-19)16-24(30(23)27(33)36-28(2,3)4)22-15-21(26(32)34-5)17-29(25(22)31)18-35-12-13-37(6,7)8;1-8-18-9-10-22-19(13-18)15-23(29(22)26(33)35-27(2,3)4)21-14-20(25(31)32)16-28(24(21)30)17-34-11-12-36(5,6)7;1-5-11-6-7-13-12(10-11)8-9-16(13)14(17)18-15(2,3)4;11-10(12)9-5-4-7-2-1-3-8(7)6-9;11-7-8-4-5-9-2-1-3-10(9)6-8/h10-11,14-17H,9,12-13,18H2,1-8H3;9-10,13-16H,8,11-12,17H2,1-7H3,(H,31,32);6-10H,5H2,1-4H3;1,3-6H,2H2,(H,11,12);1,3-6,11H,2,7H2. The van der Waals surface area contributed by atoms with Gasteiger partial charge in [0.05, 0.1) is 69.5 Å². The van der Waals surface area contributed by atoms with Crippen molar-refractivity contribution in [3.05, 3.63) is 234 Å². The number of pyridine rings is 2. The predicted octanol–water partition coefficient (Wildman–Crippen LogP) is 19.4. The molecule has 0 fully saturated rings. The van der Waals surface area contributed by atoms with E-state index in [0.717, 1.165) is 88.1 Å². The maximum Gasteiger partial charge on any atom is 0.419 e. The highest BCUT2D eigenvalue weighted by atomic mass is 28.3. The molecule has 114 heavy (non-hydrogen) atoms. The summed E-state index contributed by atoms with van der Waals surface area (Å²) in [5.74, 6) is -2.64. The van der Waals surface area contributed by atoms with E-state index in [1.54, 1.807) is 76.6 Å². The van der Waals surface area contributed by atoms with Crippen LogP contribution in [0.4, 0.5) is 14.4 Å². The number of aryl methyl sites for hydroxylation is 3. The molecule has 0 atom stereocenters. The number of aromatic nitrogens is 5. The largest absolute Gasteiger partial charge is 0.478 e. The predicted molar refractivity (Wildman–Crippen MR) is 456 cm³/mol. The Morgan fingerprint density at radius 3 is 1.28 bits per heavy atom. The fourth-order valence-electron chi connectivity index (χ4n) is 12.3. The van der Waals surface area contributed by atoms with Gasteiger partial charge in [0.1, 0.15) is 30.3 Å². The SMILES string of the molecule is CCc1ccc2c(c1)cc(-c1cc(C(=O)O)cn(COCC[Si](C)(C)C)c1=O)n2C(=O)OC(C)(C)C.CCc1ccc2c(c1)cc(-c1cc(C(=O)OC)cn(COCC[Si](C)(C)C)c1=O)n2C(=O)OC(C)(C)C.CCc1ccc2c(ccn2C(=O)OC(C)(C)C)c1.O=C(O)c1ccc2c(c1)C=CC2.OCc1ccc2c(c1)C=CC2. The van der Waals surface area contributed by atoms with Crippen LogP contribution >= 0.6 is 0 Å². The van der Waals surface area contributed by atoms with E-state index in [1.807, 2.05) is 120 Å². The third-order valence-electron chi connectivity index (χ3n) is 18.4. The van der Waals surface area contributed by atoms with E-state index < -0.39 is 68.6 Å². The van der Waals surface area contributed by atoms with Crippen molar-refractivity contribution in [3.8, 4) is 22.5 Å². The lowest BCUT2D eigenvalue weighted by Gasteiger charge is -2.21. The number of aromatic carboxylic acids is 2. The lowest BCUT2D eigenvalue weighted by molar-refractivity contribution is 0.0533. The van der Waals surface area contributed by atoms with E-state index in [4.69, 9.17) is 38.6 Å². The van der Waals surface area contributed by atoms with E-state index in [2.05, 4.69) is 70.5 Å². The van der Waals surface area contributed by atoms with Gasteiger partial charge in [0.15, 0.2) is 0 Å². The normalized spacial score (nSPS) is 12.3. The molecule has 22 nitrogen and oxygen atoms in total. The number of hydrogen-bond acceptors (Lipinski definition) is 15. The van der Waals surface area contributed by atoms with Gasteiger partial charge in [0.25, 0.3) is 11.1 Å². The Labute approximate surface area is 669 Å². The Bertz CT molecular complexity index is 5360. The first-order chi connectivity index (χ1) is 53.5. The van der Waals surface area contributed by atoms with E-state index in [-0.39, 0.29) is 59.7 Å². The Morgan fingerprint density at radius 1 is 0.456 bits per heavy atom. The Balaban J connectivity index is 0.000000193. The first kappa shape index (κ1) is 88.8. The van der Waals surface area contributed by atoms with E-state index in [1.165, 1.54) is 72.2 Å². The maximum absolute atomic E-state index is 13.7. The number of aliphatic hydroxyl groups excluding tert-OH is 1. The van der Waals surface area contributed by atoms with Gasteiger partial charge >= 0.3 is 36.2 Å². The molecule has 0 unspecified atom stereocenters. The van der Waals surface area contributed by atoms with Crippen LogP contribution in [0.1, 0.15) is 159 Å². The molecule has 24 heteroatoms. The molecule has 3 N–H and O–H groups in total. The number of nitrogens with zero attached hydrogens (tertiary/aromatic N) is 5. The van der Waals surface area contributed by atoms with E-state index in [0.29, 0.717) is 35.5 Å². The molecule has 5 heterocycles. The molecular formula is C90H111N5O17Si2. The van der Waals surface area contributed by atoms with Crippen molar-refractivity contribution in [2.75, 3.05) is 20.3 Å². The number of ether oxygens (including phenoxy) is 6. The zero-order valence-electron chi connectivity index (χ0n) is 69.4. The number of hydrogen-bond donors (Lipinski definition) is 3. The van der Waals surface area contributed by atoms with Gasteiger partial charge in [-0.25, -0.2) is 37.9 Å². The Hall–Kier alpha value is -10.8. The lowest BCUT2D eigenvalue weighted by Crippen LogP contribution is -2.29. The molecule has 0 bridgehead atoms. The van der Waals surface area contributed by atoms with Gasteiger partial charge in [-0.1, -0.05) is 121 Å². The van der Waals surface area contributed by atoms with Crippen LogP contribution in [0.5, 0.6) is 0 Å². The minimum absolute atomic E-state index is 0.0200. The van der Waals surface area contributed by atoms with Crippen LogP contribution in [-0.2, 0) is 80.6 Å². The van der Waals surface area contributed by atoms with Crippen LogP contribution in [0.25, 0.3) is 67.4 Å². The molecule has 0 saturated heterocycles. The molecule has 0 amide bonds. The van der Waals surface area contributed by atoms with Crippen LogP contribution < -0.4 is 11.1 Å². The summed E-state index contributed by atoms with van der Waals surface area (Å²) in [4.78, 5) is 101. The highest BCUT2D eigenvalue weighted by Gasteiger charge is 2.29. The van der Waals surface area contributed by atoms with Crippen LogP contribution in [0.3, 0.4) is 0 Å². The number of allylic oxidation sites excluding steroid dienone is 2. The van der Waals surface area contributed by atoms with E-state index in [9.17, 15) is 43.5 Å². The monoisotopic (exact) mass is 1590 g/mol. The van der Waals surface area contributed by atoms with Gasteiger partial charge in [-0.05, 0) is 236 Å². The molecule has 12 rings (SSSR count). The number of rotatable bonds is 19. The van der Waals surface area contributed by atoms with Gasteiger partial charge in [0, 0.05) is 64.1 Å². The first-order valence-electron chi connectivity index (χ1n) is 38.5. The van der Waals surface area contributed by atoms with Crippen molar-refractivity contribution in [2.24, 2.45) is 0 Å². The Kier molecular flexibility index (Phi) is 29.5. The highest BCUT2D eigenvalue weighted by molar-refractivity contribution is 6.76. The summed E-state index contributed by atoms with van der Waals surface area (Å²) in [5.41, 5.74) is 9.91. The minimum atomic E-state index is -1.33. The van der Waals surface area contributed by atoms with Gasteiger partial charge in [-0.15, -0.1) is 0 Å². The number of fused-ring (bicyclic) bond motifs is 5. The minimum Gasteiger partial charge on any atom is -0.478 e. The fourth-order valence-corrected chi connectivity index (χ4v) is 13.8. The van der Waals surface area contributed by atoms with Crippen molar-refractivity contribution in [1.29, 1.82) is 0 Å². The van der Waals surface area contributed by atoms with Crippen LogP contribution in [0, 0.1) is 0 Å². The third kappa shape index (κ3) is 24.4. The third-order valence-corrected chi connectivity index (χ3v) is 21.8. The molecule has 10 aromatic rings. The molecule has 0 radical (unpaired) electrons. The molecular weight excluding hydrogens is 1480 g/mol. The van der Waals surface area contributed by atoms with Gasteiger partial charge in [0.2, 0.25) is 0 Å². The summed E-state index contributed by atoms with van der Waals surface area (Å²) in [6.07, 6.45) is 15.7. The van der Waals surface area contributed by atoms with Crippen molar-refractivity contribution in [3.63, 3.8) is 0 Å². The second kappa shape index (κ2) is 37.9. The summed E-state index contributed by atoms with van der Waals surface area (Å²) < 4.78 is 40.1. The number of esters is 1. The topological polar surface area (TPSA) is 277 Å². The number of benzene rings is 5. The number of carboxylic acid groups (broad SMARTS) is 2. The molecule has 606 valence electrons. The molecule has 0 spiro atoms. The quantitative estimate of drug-likeness (QED) is 0.0294.